The molecule has 18 heavy (non-hydrogen) atoms. The molecule has 0 amide bonds. The highest BCUT2D eigenvalue weighted by atomic mass is 15.1. The van der Waals surface area contributed by atoms with Crippen LogP contribution in [0.5, 0.6) is 0 Å². The number of rotatable bonds is 4. The van der Waals surface area contributed by atoms with E-state index in [4.69, 9.17) is 0 Å². The fourth-order valence-electron chi connectivity index (χ4n) is 2.95. The molecule has 0 saturated carbocycles. The highest BCUT2D eigenvalue weighted by Crippen LogP contribution is 2.26. The molecule has 1 aromatic rings. The van der Waals surface area contributed by atoms with E-state index in [1.807, 2.05) is 12.4 Å². The predicted octanol–water partition coefficient (Wildman–Crippen LogP) is 2.60. The van der Waals surface area contributed by atoms with Gasteiger partial charge in [0.05, 0.1) is 0 Å². The largest absolute Gasteiger partial charge is 0.371 e. The third kappa shape index (κ3) is 3.02. The van der Waals surface area contributed by atoms with Gasteiger partial charge in [0.15, 0.2) is 0 Å². The summed E-state index contributed by atoms with van der Waals surface area (Å²) in [5.41, 5.74) is 2.65. The van der Waals surface area contributed by atoms with Crippen LogP contribution in [0.2, 0.25) is 0 Å². The zero-order valence-electron chi connectivity index (χ0n) is 11.8. The summed E-state index contributed by atoms with van der Waals surface area (Å²) in [4.78, 5) is 6.68. The molecular weight excluding hydrogens is 222 g/mol. The quantitative estimate of drug-likeness (QED) is 0.886. The monoisotopic (exact) mass is 247 g/mol. The molecule has 100 valence electrons. The van der Waals surface area contributed by atoms with Gasteiger partial charge < -0.3 is 10.2 Å². The molecule has 0 aliphatic carbocycles. The van der Waals surface area contributed by atoms with E-state index in [0.717, 1.165) is 12.5 Å². The SMILES string of the molecule is CCNC(C)C1CCN(c2ccncc2C)CC1. The Morgan fingerprint density at radius 3 is 2.78 bits per heavy atom. The number of aromatic nitrogens is 1. The molecule has 3 heteroatoms. The average molecular weight is 247 g/mol. The molecule has 1 fully saturated rings. The number of pyridine rings is 1. The topological polar surface area (TPSA) is 28.2 Å². The van der Waals surface area contributed by atoms with Gasteiger partial charge in [0.25, 0.3) is 0 Å². The van der Waals surface area contributed by atoms with E-state index in [-0.39, 0.29) is 0 Å². The first-order chi connectivity index (χ1) is 8.72. The molecule has 2 rings (SSSR count). The molecule has 1 unspecified atom stereocenters. The van der Waals surface area contributed by atoms with Gasteiger partial charge in [0.1, 0.15) is 0 Å². The number of nitrogens with zero attached hydrogens (tertiary/aromatic N) is 2. The third-order valence-electron chi connectivity index (χ3n) is 4.10. The first-order valence-corrected chi connectivity index (χ1v) is 7.11. The maximum atomic E-state index is 4.17. The van der Waals surface area contributed by atoms with Crippen molar-refractivity contribution < 1.29 is 0 Å². The summed E-state index contributed by atoms with van der Waals surface area (Å²) in [7, 11) is 0. The molecular formula is C15H25N3. The predicted molar refractivity (Wildman–Crippen MR) is 77.0 cm³/mol. The van der Waals surface area contributed by atoms with Crippen molar-refractivity contribution in [3.8, 4) is 0 Å². The molecule has 1 N–H and O–H groups in total. The second-order valence-electron chi connectivity index (χ2n) is 5.33. The zero-order chi connectivity index (χ0) is 13.0. The Morgan fingerprint density at radius 2 is 2.17 bits per heavy atom. The van der Waals surface area contributed by atoms with E-state index in [9.17, 15) is 0 Å². The summed E-state index contributed by atoms with van der Waals surface area (Å²) in [5.74, 6) is 0.823. The lowest BCUT2D eigenvalue weighted by molar-refractivity contribution is 0.315. The highest BCUT2D eigenvalue weighted by Gasteiger charge is 2.23. The summed E-state index contributed by atoms with van der Waals surface area (Å²) >= 11 is 0. The first kappa shape index (κ1) is 13.3. The van der Waals surface area contributed by atoms with Crippen LogP contribution in [0.1, 0.15) is 32.3 Å². The molecule has 1 saturated heterocycles. The van der Waals surface area contributed by atoms with Crippen LogP contribution in [0, 0.1) is 12.8 Å². The van der Waals surface area contributed by atoms with Crippen LogP contribution in [0.3, 0.4) is 0 Å². The van der Waals surface area contributed by atoms with Crippen molar-refractivity contribution in [1.82, 2.24) is 10.3 Å². The number of hydrogen-bond donors (Lipinski definition) is 1. The number of anilines is 1. The highest BCUT2D eigenvalue weighted by molar-refractivity contribution is 5.51. The maximum Gasteiger partial charge on any atom is 0.0426 e. The lowest BCUT2D eigenvalue weighted by atomic mass is 9.90. The molecule has 0 radical (unpaired) electrons. The van der Waals surface area contributed by atoms with Crippen molar-refractivity contribution in [1.29, 1.82) is 0 Å². The molecule has 2 heterocycles. The third-order valence-corrected chi connectivity index (χ3v) is 4.10. The second kappa shape index (κ2) is 6.19. The Morgan fingerprint density at radius 1 is 1.44 bits per heavy atom. The van der Waals surface area contributed by atoms with E-state index in [1.54, 1.807) is 0 Å². The van der Waals surface area contributed by atoms with Crippen molar-refractivity contribution in [2.75, 3.05) is 24.5 Å². The van der Waals surface area contributed by atoms with Crippen molar-refractivity contribution in [2.45, 2.75) is 39.7 Å². The Bertz CT molecular complexity index is 370. The van der Waals surface area contributed by atoms with E-state index < -0.39 is 0 Å². The lowest BCUT2D eigenvalue weighted by Crippen LogP contribution is -2.42. The van der Waals surface area contributed by atoms with Gasteiger partial charge in [-0.2, -0.15) is 0 Å². The summed E-state index contributed by atoms with van der Waals surface area (Å²) in [6.07, 6.45) is 6.43. The first-order valence-electron chi connectivity index (χ1n) is 7.11. The smallest absolute Gasteiger partial charge is 0.0426 e. The minimum Gasteiger partial charge on any atom is -0.371 e. The normalized spacial score (nSPS) is 18.9. The van der Waals surface area contributed by atoms with E-state index >= 15 is 0 Å². The van der Waals surface area contributed by atoms with E-state index in [0.29, 0.717) is 6.04 Å². The average Bonchev–Trinajstić information content (AvgIpc) is 2.40. The number of aryl methyl sites for hydroxylation is 1. The van der Waals surface area contributed by atoms with E-state index in [2.05, 4.69) is 42.0 Å². The molecule has 0 spiro atoms. The maximum absolute atomic E-state index is 4.17. The lowest BCUT2D eigenvalue weighted by Gasteiger charge is -2.37. The van der Waals surface area contributed by atoms with Crippen molar-refractivity contribution >= 4 is 5.69 Å². The molecule has 3 nitrogen and oxygen atoms in total. The summed E-state index contributed by atoms with van der Waals surface area (Å²) < 4.78 is 0. The molecule has 1 atom stereocenters. The number of hydrogen-bond acceptors (Lipinski definition) is 3. The minimum absolute atomic E-state index is 0.649. The summed E-state index contributed by atoms with van der Waals surface area (Å²) in [6.45, 7) is 10.1. The van der Waals surface area contributed by atoms with Crippen LogP contribution in [0.4, 0.5) is 5.69 Å². The van der Waals surface area contributed by atoms with E-state index in [1.165, 1.54) is 37.2 Å². The van der Waals surface area contributed by atoms with Crippen LogP contribution >= 0.6 is 0 Å². The number of piperidine rings is 1. The number of nitrogens with one attached hydrogen (secondary N) is 1. The van der Waals surface area contributed by atoms with Gasteiger partial charge in [-0.05, 0) is 50.8 Å². The van der Waals surface area contributed by atoms with Gasteiger partial charge in [0, 0.05) is 37.2 Å². The molecule has 0 aromatic carbocycles. The molecule has 1 aliphatic rings. The van der Waals surface area contributed by atoms with Gasteiger partial charge in [-0.1, -0.05) is 6.92 Å². The van der Waals surface area contributed by atoms with Crippen molar-refractivity contribution in [3.05, 3.63) is 24.0 Å². The Balaban J connectivity index is 1.93. The van der Waals surface area contributed by atoms with Crippen LogP contribution in [-0.4, -0.2) is 30.7 Å². The van der Waals surface area contributed by atoms with Crippen molar-refractivity contribution in [3.63, 3.8) is 0 Å². The zero-order valence-corrected chi connectivity index (χ0v) is 11.8. The molecule has 1 aromatic heterocycles. The van der Waals surface area contributed by atoms with Crippen LogP contribution < -0.4 is 10.2 Å². The van der Waals surface area contributed by atoms with Gasteiger partial charge in [-0.15, -0.1) is 0 Å². The Kier molecular flexibility index (Phi) is 4.59. The Hall–Kier alpha value is -1.09. The molecule has 1 aliphatic heterocycles. The summed E-state index contributed by atoms with van der Waals surface area (Å²) in [5, 5.41) is 3.55. The van der Waals surface area contributed by atoms with Gasteiger partial charge in [-0.25, -0.2) is 0 Å². The standard InChI is InChI=1S/C15H25N3/c1-4-17-13(3)14-6-9-18(10-7-14)15-5-8-16-11-12(15)2/h5,8,11,13-14,17H,4,6-7,9-10H2,1-3H3. The van der Waals surface area contributed by atoms with Crippen LogP contribution in [0.15, 0.2) is 18.5 Å². The van der Waals surface area contributed by atoms with Crippen LogP contribution in [-0.2, 0) is 0 Å². The van der Waals surface area contributed by atoms with Gasteiger partial charge >= 0.3 is 0 Å². The minimum atomic E-state index is 0.649. The fourth-order valence-corrected chi connectivity index (χ4v) is 2.95. The fraction of sp³-hybridized carbons (Fsp3) is 0.667. The van der Waals surface area contributed by atoms with Crippen molar-refractivity contribution in [2.24, 2.45) is 5.92 Å². The van der Waals surface area contributed by atoms with Gasteiger partial charge in [-0.3, -0.25) is 4.98 Å². The molecule has 0 bridgehead atoms. The van der Waals surface area contributed by atoms with Crippen LogP contribution in [0.25, 0.3) is 0 Å². The second-order valence-corrected chi connectivity index (χ2v) is 5.33. The Labute approximate surface area is 111 Å². The van der Waals surface area contributed by atoms with Gasteiger partial charge in [0.2, 0.25) is 0 Å². The summed E-state index contributed by atoms with van der Waals surface area (Å²) in [6, 6.07) is 2.79.